The minimum atomic E-state index is -0.193. The number of ether oxygens (including phenoxy) is 1. The van der Waals surface area contributed by atoms with Crippen molar-refractivity contribution in [3.8, 4) is 5.75 Å². The molecule has 2 aliphatic rings. The van der Waals surface area contributed by atoms with Gasteiger partial charge < -0.3 is 14.8 Å². The van der Waals surface area contributed by atoms with Crippen molar-refractivity contribution in [3.05, 3.63) is 68.6 Å². The van der Waals surface area contributed by atoms with Gasteiger partial charge in [0.25, 0.3) is 5.56 Å². The van der Waals surface area contributed by atoms with Gasteiger partial charge >= 0.3 is 0 Å². The Morgan fingerprint density at radius 3 is 2.50 bits per heavy atom. The Kier molecular flexibility index (Phi) is 5.61. The average Bonchev–Trinajstić information content (AvgIpc) is 3.52. The molecule has 2 aromatic rings. The molecule has 0 spiro atoms. The van der Waals surface area contributed by atoms with Crippen LogP contribution in [-0.4, -0.2) is 23.3 Å². The van der Waals surface area contributed by atoms with Crippen LogP contribution < -0.4 is 10.3 Å². The third-order valence-corrected chi connectivity index (χ3v) is 6.15. The highest BCUT2D eigenvalue weighted by Crippen LogP contribution is 2.39. The number of aliphatic hydroxyl groups is 1. The first kappa shape index (κ1) is 19.3. The van der Waals surface area contributed by atoms with Crippen molar-refractivity contribution < 1.29 is 9.84 Å². The summed E-state index contributed by atoms with van der Waals surface area (Å²) in [5.41, 5.74) is 3.63. The van der Waals surface area contributed by atoms with Gasteiger partial charge in [-0.25, -0.2) is 0 Å². The van der Waals surface area contributed by atoms with E-state index in [1.54, 1.807) is 7.11 Å². The molecule has 4 rings (SSSR count). The van der Waals surface area contributed by atoms with Crippen molar-refractivity contribution in [1.29, 1.82) is 0 Å². The lowest BCUT2D eigenvalue weighted by molar-refractivity contribution is 0.118. The predicted molar refractivity (Wildman–Crippen MR) is 112 cm³/mol. The van der Waals surface area contributed by atoms with E-state index in [2.05, 4.69) is 11.1 Å². The first-order valence-electron chi connectivity index (χ1n) is 10.0. The normalized spacial score (nSPS) is 22.9. The van der Waals surface area contributed by atoms with E-state index in [-0.39, 0.29) is 11.7 Å². The monoisotopic (exact) mass is 399 g/mol. The zero-order valence-electron chi connectivity index (χ0n) is 16.1. The van der Waals surface area contributed by atoms with Gasteiger partial charge in [-0.2, -0.15) is 0 Å². The fraction of sp³-hybridized carbons (Fsp3) is 0.435. The number of H-pyrrole nitrogens is 1. The molecule has 5 heteroatoms. The number of methoxy groups -OCH3 is 1. The van der Waals surface area contributed by atoms with E-state index in [4.69, 9.17) is 16.3 Å². The van der Waals surface area contributed by atoms with Gasteiger partial charge in [-0.1, -0.05) is 29.8 Å². The first-order chi connectivity index (χ1) is 13.5. The number of hydrogen-bond acceptors (Lipinski definition) is 3. The highest BCUT2D eigenvalue weighted by atomic mass is 35.5. The second-order valence-corrected chi connectivity index (χ2v) is 8.34. The Balaban J connectivity index is 1.74. The maximum Gasteiger partial charge on any atom is 0.251 e. The Labute approximate surface area is 170 Å². The van der Waals surface area contributed by atoms with Crippen molar-refractivity contribution in [1.82, 2.24) is 4.98 Å². The number of benzene rings is 1. The summed E-state index contributed by atoms with van der Waals surface area (Å²) < 4.78 is 5.28. The van der Waals surface area contributed by atoms with Crippen LogP contribution in [0.25, 0.3) is 5.57 Å². The van der Waals surface area contributed by atoms with Crippen molar-refractivity contribution in [3.63, 3.8) is 0 Å². The second kappa shape index (κ2) is 8.14. The number of allylic oxidation sites excluding steroid dienone is 1. The molecule has 1 aromatic heterocycles. The van der Waals surface area contributed by atoms with Crippen LogP contribution in [0.3, 0.4) is 0 Å². The number of aromatic nitrogens is 1. The van der Waals surface area contributed by atoms with Gasteiger partial charge in [-0.15, -0.1) is 0 Å². The molecular weight excluding hydrogens is 374 g/mol. The molecule has 0 aliphatic heterocycles. The van der Waals surface area contributed by atoms with Crippen molar-refractivity contribution >= 4 is 17.2 Å². The summed E-state index contributed by atoms with van der Waals surface area (Å²) in [6, 6.07) is 9.69. The van der Waals surface area contributed by atoms with Crippen LogP contribution in [0.1, 0.15) is 61.3 Å². The third kappa shape index (κ3) is 4.18. The van der Waals surface area contributed by atoms with Gasteiger partial charge in [0.15, 0.2) is 0 Å². The SMILES string of the molecule is COc1ccc(/C(=C\[C@H]2CC[C@@H](O)CC2)c2ccc(C3CC3)c(=O)[nH]2)cc1Cl. The van der Waals surface area contributed by atoms with E-state index < -0.39 is 0 Å². The minimum Gasteiger partial charge on any atom is -0.495 e. The zero-order chi connectivity index (χ0) is 19.7. The van der Waals surface area contributed by atoms with Crippen molar-refractivity contribution in [2.75, 3.05) is 7.11 Å². The van der Waals surface area contributed by atoms with E-state index in [0.29, 0.717) is 22.6 Å². The van der Waals surface area contributed by atoms with Gasteiger partial charge in [0, 0.05) is 16.8 Å². The van der Waals surface area contributed by atoms with Crippen molar-refractivity contribution in [2.24, 2.45) is 5.92 Å². The molecule has 0 amide bonds. The lowest BCUT2D eigenvalue weighted by atomic mass is 9.85. The van der Waals surface area contributed by atoms with Crippen LogP contribution in [0.5, 0.6) is 5.75 Å². The molecular formula is C23H26ClNO3. The molecule has 4 nitrogen and oxygen atoms in total. The smallest absolute Gasteiger partial charge is 0.251 e. The fourth-order valence-corrected chi connectivity index (χ4v) is 4.29. The van der Waals surface area contributed by atoms with Gasteiger partial charge in [0.05, 0.1) is 18.2 Å². The standard InChI is InChI=1S/C23H26ClNO3/c1-28-22-11-6-16(13-20(22)24)19(12-14-2-7-17(26)8-3-14)21-10-9-18(15-4-5-15)23(27)25-21/h6,9-15,17,26H,2-5,7-8H2,1H3,(H,25,27)/b19-12+/t14-,17+. The molecule has 2 aliphatic carbocycles. The molecule has 0 bridgehead atoms. The minimum absolute atomic E-state index is 0.00424. The Morgan fingerprint density at radius 1 is 1.14 bits per heavy atom. The Morgan fingerprint density at radius 2 is 1.89 bits per heavy atom. The molecule has 0 unspecified atom stereocenters. The molecule has 148 valence electrons. The van der Waals surface area contributed by atoms with E-state index in [1.165, 1.54) is 0 Å². The van der Waals surface area contributed by atoms with E-state index in [1.807, 2.05) is 30.3 Å². The van der Waals surface area contributed by atoms with Crippen LogP contribution in [0, 0.1) is 5.92 Å². The summed E-state index contributed by atoms with van der Waals surface area (Å²) in [5, 5.41) is 10.4. The van der Waals surface area contributed by atoms with Gasteiger partial charge in [-0.05, 0) is 74.1 Å². The van der Waals surface area contributed by atoms with Gasteiger partial charge in [0.2, 0.25) is 0 Å². The molecule has 0 radical (unpaired) electrons. The zero-order valence-corrected chi connectivity index (χ0v) is 16.8. The maximum atomic E-state index is 12.6. The van der Waals surface area contributed by atoms with E-state index in [9.17, 15) is 9.90 Å². The topological polar surface area (TPSA) is 62.3 Å². The quantitative estimate of drug-likeness (QED) is 0.751. The summed E-state index contributed by atoms with van der Waals surface area (Å²) in [7, 11) is 1.60. The molecule has 2 N–H and O–H groups in total. The molecule has 28 heavy (non-hydrogen) atoms. The Bertz CT molecular complexity index is 937. The number of aliphatic hydroxyl groups excluding tert-OH is 1. The Hall–Kier alpha value is -2.04. The summed E-state index contributed by atoms with van der Waals surface area (Å²) >= 11 is 6.37. The first-order valence-corrected chi connectivity index (χ1v) is 10.4. The average molecular weight is 400 g/mol. The van der Waals surface area contributed by atoms with Crippen LogP contribution >= 0.6 is 11.6 Å². The predicted octanol–water partition coefficient (Wildman–Crippen LogP) is 4.90. The third-order valence-electron chi connectivity index (χ3n) is 5.85. The lowest BCUT2D eigenvalue weighted by Crippen LogP contribution is -2.18. The number of aromatic amines is 1. The van der Waals surface area contributed by atoms with E-state index in [0.717, 1.165) is 60.9 Å². The van der Waals surface area contributed by atoms with Crippen LogP contribution in [0.4, 0.5) is 0 Å². The highest BCUT2D eigenvalue weighted by Gasteiger charge is 2.26. The maximum absolute atomic E-state index is 12.6. The number of halogens is 1. The number of nitrogens with one attached hydrogen (secondary N) is 1. The fourth-order valence-electron chi connectivity index (χ4n) is 4.04. The van der Waals surface area contributed by atoms with Crippen LogP contribution in [0.15, 0.2) is 41.2 Å². The number of pyridine rings is 1. The van der Waals surface area contributed by atoms with E-state index >= 15 is 0 Å². The lowest BCUT2D eigenvalue weighted by Gasteiger charge is -2.24. The van der Waals surface area contributed by atoms with Gasteiger partial charge in [0.1, 0.15) is 5.75 Å². The number of rotatable bonds is 5. The second-order valence-electron chi connectivity index (χ2n) is 7.93. The largest absolute Gasteiger partial charge is 0.495 e. The highest BCUT2D eigenvalue weighted by molar-refractivity contribution is 6.32. The van der Waals surface area contributed by atoms with Crippen LogP contribution in [-0.2, 0) is 0 Å². The molecule has 2 saturated carbocycles. The summed E-state index contributed by atoms with van der Waals surface area (Å²) in [6.45, 7) is 0. The number of hydrogen-bond donors (Lipinski definition) is 2. The molecule has 0 atom stereocenters. The molecule has 1 aromatic carbocycles. The van der Waals surface area contributed by atoms with Crippen molar-refractivity contribution in [2.45, 2.75) is 50.5 Å². The summed E-state index contributed by atoms with van der Waals surface area (Å²) in [6.07, 6.45) is 7.75. The molecule has 1 heterocycles. The van der Waals surface area contributed by atoms with Crippen LogP contribution in [0.2, 0.25) is 5.02 Å². The molecule has 2 fully saturated rings. The summed E-state index contributed by atoms with van der Waals surface area (Å²) in [4.78, 5) is 15.7. The van der Waals surface area contributed by atoms with Gasteiger partial charge in [-0.3, -0.25) is 4.79 Å². The molecule has 0 saturated heterocycles. The summed E-state index contributed by atoms with van der Waals surface area (Å²) in [5.74, 6) is 1.41.